The molecule has 0 aliphatic carbocycles. The van der Waals surface area contributed by atoms with Gasteiger partial charge in [0.2, 0.25) is 0 Å². The molecule has 1 saturated heterocycles. The highest BCUT2D eigenvalue weighted by atomic mass is 35.5. The summed E-state index contributed by atoms with van der Waals surface area (Å²) < 4.78 is 0. The molecule has 3 nitrogen and oxygen atoms in total. The summed E-state index contributed by atoms with van der Waals surface area (Å²) in [6.45, 7) is 3.28. The fourth-order valence-corrected chi connectivity index (χ4v) is 3.61. The summed E-state index contributed by atoms with van der Waals surface area (Å²) in [5.74, 6) is 0. The van der Waals surface area contributed by atoms with E-state index in [1.54, 1.807) is 0 Å². The van der Waals surface area contributed by atoms with Crippen molar-refractivity contribution in [1.29, 1.82) is 0 Å². The number of hydrogen-bond donors (Lipinski definition) is 1. The minimum absolute atomic E-state index is 0.0128. The van der Waals surface area contributed by atoms with E-state index in [2.05, 4.69) is 16.8 Å². The second kappa shape index (κ2) is 6.03. The monoisotopic (exact) mass is 274 g/mol. The van der Waals surface area contributed by atoms with Crippen LogP contribution in [0.3, 0.4) is 0 Å². The molecule has 0 aromatic carbocycles. The Morgan fingerprint density at radius 2 is 2.29 bits per heavy atom. The van der Waals surface area contributed by atoms with Crippen molar-refractivity contribution in [2.75, 3.05) is 11.4 Å². The third-order valence-corrected chi connectivity index (χ3v) is 4.88. The summed E-state index contributed by atoms with van der Waals surface area (Å²) in [4.78, 5) is 7.55. The second-order valence-corrected chi connectivity index (χ2v) is 5.89. The van der Waals surface area contributed by atoms with Gasteiger partial charge in [-0.3, -0.25) is 0 Å². The van der Waals surface area contributed by atoms with Crippen LogP contribution in [0, 0.1) is 0 Å². The van der Waals surface area contributed by atoms with E-state index in [0.29, 0.717) is 11.2 Å². The minimum atomic E-state index is -0.0128. The number of nitrogens with zero attached hydrogens (tertiary/aromatic N) is 2. The van der Waals surface area contributed by atoms with Gasteiger partial charge in [-0.2, -0.15) is 0 Å². The van der Waals surface area contributed by atoms with Crippen LogP contribution in [0.25, 0.3) is 0 Å². The molecule has 1 aromatic heterocycles. The minimum Gasteiger partial charge on any atom is -0.391 e. The normalized spacial score (nSPS) is 21.6. The van der Waals surface area contributed by atoms with Crippen LogP contribution in [0.15, 0.2) is 0 Å². The quantitative estimate of drug-likeness (QED) is 0.917. The Labute approximate surface area is 111 Å². The van der Waals surface area contributed by atoms with E-state index < -0.39 is 0 Å². The van der Waals surface area contributed by atoms with Crippen molar-refractivity contribution in [1.82, 2.24) is 4.98 Å². The number of aromatic nitrogens is 1. The maximum atomic E-state index is 9.18. The second-order valence-electron chi connectivity index (χ2n) is 4.47. The van der Waals surface area contributed by atoms with Crippen LogP contribution >= 0.6 is 22.9 Å². The van der Waals surface area contributed by atoms with Gasteiger partial charge in [-0.25, -0.2) is 4.98 Å². The van der Waals surface area contributed by atoms with Gasteiger partial charge >= 0.3 is 0 Å². The predicted molar refractivity (Wildman–Crippen MR) is 72.9 cm³/mol. The molecule has 1 unspecified atom stereocenters. The van der Waals surface area contributed by atoms with Crippen molar-refractivity contribution in [3.05, 3.63) is 10.0 Å². The number of anilines is 1. The molecule has 1 atom stereocenters. The molecule has 1 aliphatic rings. The van der Waals surface area contributed by atoms with Crippen LogP contribution in [-0.2, 0) is 6.61 Å². The number of aliphatic hydroxyl groups is 1. The van der Waals surface area contributed by atoms with Crippen LogP contribution in [0.4, 0.5) is 5.13 Å². The molecule has 2 heterocycles. The maximum Gasteiger partial charge on any atom is 0.187 e. The average molecular weight is 275 g/mol. The summed E-state index contributed by atoms with van der Waals surface area (Å²) in [7, 11) is 0. The number of hydrogen-bond acceptors (Lipinski definition) is 4. The Morgan fingerprint density at radius 1 is 1.47 bits per heavy atom. The molecular formula is C12H19ClN2OS. The summed E-state index contributed by atoms with van der Waals surface area (Å²) in [5, 5.41) is 10.6. The van der Waals surface area contributed by atoms with Crippen molar-refractivity contribution >= 4 is 28.1 Å². The Balaban J connectivity index is 2.22. The summed E-state index contributed by atoms with van der Waals surface area (Å²) in [5.41, 5.74) is 0. The van der Waals surface area contributed by atoms with E-state index in [-0.39, 0.29) is 6.61 Å². The molecule has 1 aliphatic heterocycles. The first-order chi connectivity index (χ1) is 8.26. The first-order valence-corrected chi connectivity index (χ1v) is 7.48. The third kappa shape index (κ3) is 2.92. The van der Waals surface area contributed by atoms with Crippen LogP contribution < -0.4 is 4.90 Å². The Kier molecular flexibility index (Phi) is 4.65. The fraction of sp³-hybridized carbons (Fsp3) is 0.750. The molecule has 2 rings (SSSR count). The number of aliphatic hydroxyl groups excluding tert-OH is 1. The molecule has 0 spiro atoms. The van der Waals surface area contributed by atoms with Gasteiger partial charge in [0.15, 0.2) is 5.13 Å². The average Bonchev–Trinajstić information content (AvgIpc) is 2.57. The summed E-state index contributed by atoms with van der Waals surface area (Å²) in [6.07, 6.45) is 6.22. The first kappa shape index (κ1) is 13.1. The van der Waals surface area contributed by atoms with E-state index >= 15 is 0 Å². The largest absolute Gasteiger partial charge is 0.391 e. The highest BCUT2D eigenvalue weighted by Gasteiger charge is 2.23. The van der Waals surface area contributed by atoms with Crippen LogP contribution in [0.1, 0.15) is 43.9 Å². The van der Waals surface area contributed by atoms with E-state index in [1.165, 1.54) is 37.0 Å². The van der Waals surface area contributed by atoms with Gasteiger partial charge < -0.3 is 10.0 Å². The van der Waals surface area contributed by atoms with Gasteiger partial charge in [0.25, 0.3) is 0 Å². The van der Waals surface area contributed by atoms with Gasteiger partial charge in [0, 0.05) is 12.6 Å². The lowest BCUT2D eigenvalue weighted by molar-refractivity contribution is 0.285. The number of thiazole rings is 1. The number of halogens is 1. The summed E-state index contributed by atoms with van der Waals surface area (Å²) >= 11 is 7.54. The third-order valence-electron chi connectivity index (χ3n) is 3.38. The molecule has 0 radical (unpaired) electrons. The molecule has 5 heteroatoms. The molecule has 1 fully saturated rings. The predicted octanol–water partition coefficient (Wildman–Crippen LogP) is 3.45. The van der Waals surface area contributed by atoms with Gasteiger partial charge in [-0.1, -0.05) is 42.7 Å². The Morgan fingerprint density at radius 3 is 2.94 bits per heavy atom. The van der Waals surface area contributed by atoms with Gasteiger partial charge in [0.1, 0.15) is 5.15 Å². The summed E-state index contributed by atoms with van der Waals surface area (Å²) in [6, 6.07) is 0.575. The van der Waals surface area contributed by atoms with Gasteiger partial charge in [0.05, 0.1) is 11.5 Å². The first-order valence-electron chi connectivity index (χ1n) is 6.29. The van der Waals surface area contributed by atoms with Gasteiger partial charge in [-0.15, -0.1) is 0 Å². The highest BCUT2D eigenvalue weighted by Crippen LogP contribution is 2.33. The maximum absolute atomic E-state index is 9.18. The topological polar surface area (TPSA) is 36.4 Å². The molecule has 0 bridgehead atoms. The zero-order chi connectivity index (χ0) is 12.3. The van der Waals surface area contributed by atoms with E-state index in [4.69, 9.17) is 11.6 Å². The Bertz CT molecular complexity index is 369. The van der Waals surface area contributed by atoms with Crippen molar-refractivity contribution in [3.8, 4) is 0 Å². The molecular weight excluding hydrogens is 256 g/mol. The fourth-order valence-electron chi connectivity index (χ4n) is 2.40. The SMILES string of the molecule is CCC1CCCCCN1c1nc(Cl)c(CO)s1. The lowest BCUT2D eigenvalue weighted by Gasteiger charge is -2.28. The molecule has 1 aromatic rings. The zero-order valence-electron chi connectivity index (χ0n) is 10.2. The zero-order valence-corrected chi connectivity index (χ0v) is 11.7. The van der Waals surface area contributed by atoms with Crippen molar-refractivity contribution in [2.45, 2.75) is 51.7 Å². The van der Waals surface area contributed by atoms with Crippen LogP contribution in [-0.4, -0.2) is 22.7 Å². The standard InChI is InChI=1S/C12H19ClN2OS/c1-2-9-6-4-3-5-7-15(9)12-14-11(13)10(8-16)17-12/h9,16H,2-8H2,1H3. The van der Waals surface area contributed by atoms with Crippen molar-refractivity contribution < 1.29 is 5.11 Å². The smallest absolute Gasteiger partial charge is 0.187 e. The van der Waals surface area contributed by atoms with Crippen molar-refractivity contribution in [2.24, 2.45) is 0 Å². The van der Waals surface area contributed by atoms with E-state index in [9.17, 15) is 5.11 Å². The number of rotatable bonds is 3. The van der Waals surface area contributed by atoms with Crippen LogP contribution in [0.2, 0.25) is 5.15 Å². The molecule has 0 saturated carbocycles. The molecule has 96 valence electrons. The molecule has 0 amide bonds. The van der Waals surface area contributed by atoms with Crippen LogP contribution in [0.5, 0.6) is 0 Å². The van der Waals surface area contributed by atoms with Gasteiger partial charge in [-0.05, 0) is 19.3 Å². The van der Waals surface area contributed by atoms with E-state index in [0.717, 1.165) is 23.0 Å². The molecule has 1 N–H and O–H groups in total. The van der Waals surface area contributed by atoms with E-state index in [1.807, 2.05) is 0 Å². The lowest BCUT2D eigenvalue weighted by atomic mass is 10.1. The Hall–Kier alpha value is -0.320. The van der Waals surface area contributed by atoms with Crippen molar-refractivity contribution in [3.63, 3.8) is 0 Å². The molecule has 17 heavy (non-hydrogen) atoms. The lowest BCUT2D eigenvalue weighted by Crippen LogP contribution is -2.34. The highest BCUT2D eigenvalue weighted by molar-refractivity contribution is 7.16.